The minimum Gasteiger partial charge on any atom is -0.381 e. The first-order chi connectivity index (χ1) is 6.25. The van der Waals surface area contributed by atoms with E-state index < -0.39 is 0 Å². The predicted octanol–water partition coefficient (Wildman–Crippen LogP) is 2.18. The number of hydrogen-bond donors (Lipinski definition) is 1. The van der Waals surface area contributed by atoms with Gasteiger partial charge in [-0.25, -0.2) is 0 Å². The van der Waals surface area contributed by atoms with Gasteiger partial charge in [-0.1, -0.05) is 20.3 Å². The van der Waals surface area contributed by atoms with Crippen LogP contribution in [0.2, 0.25) is 0 Å². The van der Waals surface area contributed by atoms with E-state index in [0.717, 1.165) is 13.2 Å². The lowest BCUT2D eigenvalue weighted by Crippen LogP contribution is -2.40. The fourth-order valence-corrected chi connectivity index (χ4v) is 2.18. The normalized spacial score (nSPS) is 28.4. The Morgan fingerprint density at radius 3 is 2.85 bits per heavy atom. The molecule has 2 heteroatoms. The number of ether oxygens (including phenoxy) is 1. The van der Waals surface area contributed by atoms with Crippen molar-refractivity contribution in [3.8, 4) is 0 Å². The molecule has 1 saturated heterocycles. The molecule has 0 aliphatic carbocycles. The lowest BCUT2D eigenvalue weighted by molar-refractivity contribution is 0.0367. The quantitative estimate of drug-likeness (QED) is 0.728. The highest BCUT2D eigenvalue weighted by Gasteiger charge is 2.24. The van der Waals surface area contributed by atoms with E-state index >= 15 is 0 Å². The molecule has 1 heterocycles. The Labute approximate surface area is 81.8 Å². The van der Waals surface area contributed by atoms with Crippen molar-refractivity contribution >= 4 is 0 Å². The molecule has 3 atom stereocenters. The molecule has 2 N–H and O–H groups in total. The zero-order valence-electron chi connectivity index (χ0n) is 8.96. The third-order valence-corrected chi connectivity index (χ3v) is 3.14. The van der Waals surface area contributed by atoms with Crippen LogP contribution in [0.15, 0.2) is 0 Å². The van der Waals surface area contributed by atoms with E-state index in [2.05, 4.69) is 13.8 Å². The standard InChI is InChI=1S/C11H23NO/c1-3-5-9(2)11(12)10-6-4-7-13-8-10/h9-11H,3-8,12H2,1-2H3. The van der Waals surface area contributed by atoms with Gasteiger partial charge >= 0.3 is 0 Å². The Kier molecular flexibility index (Phi) is 4.74. The molecule has 0 aromatic carbocycles. The Morgan fingerprint density at radius 1 is 1.54 bits per heavy atom. The molecular weight excluding hydrogens is 162 g/mol. The first-order valence-corrected chi connectivity index (χ1v) is 5.59. The van der Waals surface area contributed by atoms with Crippen LogP contribution in [0.1, 0.15) is 39.5 Å². The number of hydrogen-bond acceptors (Lipinski definition) is 2. The maximum absolute atomic E-state index is 6.20. The van der Waals surface area contributed by atoms with Gasteiger partial charge in [0, 0.05) is 12.6 Å². The van der Waals surface area contributed by atoms with E-state index in [9.17, 15) is 0 Å². The second kappa shape index (κ2) is 5.61. The maximum atomic E-state index is 6.20. The Hall–Kier alpha value is -0.0800. The van der Waals surface area contributed by atoms with Gasteiger partial charge in [0.25, 0.3) is 0 Å². The lowest BCUT2D eigenvalue weighted by Gasteiger charge is -2.31. The zero-order chi connectivity index (χ0) is 9.68. The summed E-state index contributed by atoms with van der Waals surface area (Å²) in [6.45, 7) is 6.31. The summed E-state index contributed by atoms with van der Waals surface area (Å²) < 4.78 is 5.45. The van der Waals surface area contributed by atoms with Gasteiger partial charge in [-0.15, -0.1) is 0 Å². The van der Waals surface area contributed by atoms with Gasteiger partial charge in [0.1, 0.15) is 0 Å². The van der Waals surface area contributed by atoms with Crippen LogP contribution in [0.3, 0.4) is 0 Å². The molecule has 1 rings (SSSR count). The van der Waals surface area contributed by atoms with Crippen LogP contribution in [0.4, 0.5) is 0 Å². The average molecular weight is 185 g/mol. The second-order valence-electron chi connectivity index (χ2n) is 4.32. The molecule has 0 bridgehead atoms. The SMILES string of the molecule is CCCC(C)C(N)C1CCCOC1. The minimum atomic E-state index is 0.347. The second-order valence-corrected chi connectivity index (χ2v) is 4.32. The van der Waals surface area contributed by atoms with Crippen LogP contribution in [-0.4, -0.2) is 19.3 Å². The molecule has 0 spiro atoms. The van der Waals surface area contributed by atoms with E-state index in [4.69, 9.17) is 10.5 Å². The molecule has 3 unspecified atom stereocenters. The molecule has 13 heavy (non-hydrogen) atoms. The zero-order valence-corrected chi connectivity index (χ0v) is 8.96. The average Bonchev–Trinajstić information content (AvgIpc) is 2.18. The van der Waals surface area contributed by atoms with Crippen molar-refractivity contribution in [1.29, 1.82) is 0 Å². The molecule has 1 aliphatic rings. The van der Waals surface area contributed by atoms with Gasteiger partial charge in [-0.2, -0.15) is 0 Å². The summed E-state index contributed by atoms with van der Waals surface area (Å²) >= 11 is 0. The first-order valence-electron chi connectivity index (χ1n) is 5.59. The largest absolute Gasteiger partial charge is 0.381 e. The molecule has 1 fully saturated rings. The van der Waals surface area contributed by atoms with Gasteiger partial charge in [0.05, 0.1) is 6.61 Å². The summed E-state index contributed by atoms with van der Waals surface area (Å²) in [7, 11) is 0. The molecule has 78 valence electrons. The van der Waals surface area contributed by atoms with Crippen molar-refractivity contribution in [2.24, 2.45) is 17.6 Å². The summed E-state index contributed by atoms with van der Waals surface area (Å²) in [5.41, 5.74) is 6.20. The third-order valence-electron chi connectivity index (χ3n) is 3.14. The van der Waals surface area contributed by atoms with Gasteiger partial charge in [-0.3, -0.25) is 0 Å². The summed E-state index contributed by atoms with van der Waals surface area (Å²) in [6, 6.07) is 0.347. The summed E-state index contributed by atoms with van der Waals surface area (Å²) in [5.74, 6) is 1.26. The number of rotatable bonds is 4. The predicted molar refractivity (Wildman–Crippen MR) is 55.6 cm³/mol. The van der Waals surface area contributed by atoms with Crippen molar-refractivity contribution < 1.29 is 4.74 Å². The van der Waals surface area contributed by atoms with Gasteiger partial charge in [-0.05, 0) is 31.1 Å². The molecular formula is C11H23NO. The highest BCUT2D eigenvalue weighted by atomic mass is 16.5. The van der Waals surface area contributed by atoms with E-state index in [1.807, 2.05) is 0 Å². The van der Waals surface area contributed by atoms with E-state index in [1.165, 1.54) is 25.7 Å². The Balaban J connectivity index is 2.31. The van der Waals surface area contributed by atoms with E-state index in [-0.39, 0.29) is 0 Å². The van der Waals surface area contributed by atoms with Crippen molar-refractivity contribution in [3.63, 3.8) is 0 Å². The number of nitrogens with two attached hydrogens (primary N) is 1. The molecule has 0 amide bonds. The summed E-state index contributed by atoms with van der Waals surface area (Å²) in [4.78, 5) is 0. The van der Waals surface area contributed by atoms with E-state index in [0.29, 0.717) is 17.9 Å². The van der Waals surface area contributed by atoms with Crippen LogP contribution in [0.5, 0.6) is 0 Å². The monoisotopic (exact) mass is 185 g/mol. The van der Waals surface area contributed by atoms with Crippen molar-refractivity contribution in [2.45, 2.75) is 45.6 Å². The lowest BCUT2D eigenvalue weighted by atomic mass is 9.84. The topological polar surface area (TPSA) is 35.2 Å². The minimum absolute atomic E-state index is 0.347. The maximum Gasteiger partial charge on any atom is 0.0509 e. The molecule has 1 aliphatic heterocycles. The fraction of sp³-hybridized carbons (Fsp3) is 1.00. The third kappa shape index (κ3) is 3.28. The van der Waals surface area contributed by atoms with Crippen LogP contribution in [0.25, 0.3) is 0 Å². The molecule has 0 aromatic rings. The molecule has 0 saturated carbocycles. The van der Waals surface area contributed by atoms with Crippen LogP contribution in [0, 0.1) is 11.8 Å². The van der Waals surface area contributed by atoms with Gasteiger partial charge < -0.3 is 10.5 Å². The van der Waals surface area contributed by atoms with Crippen LogP contribution in [-0.2, 0) is 4.74 Å². The summed E-state index contributed by atoms with van der Waals surface area (Å²) in [5, 5.41) is 0. The highest BCUT2D eigenvalue weighted by molar-refractivity contribution is 4.79. The highest BCUT2D eigenvalue weighted by Crippen LogP contribution is 2.23. The van der Waals surface area contributed by atoms with Crippen molar-refractivity contribution in [1.82, 2.24) is 0 Å². The molecule has 0 aromatic heterocycles. The van der Waals surface area contributed by atoms with Crippen LogP contribution < -0.4 is 5.73 Å². The van der Waals surface area contributed by atoms with Gasteiger partial charge in [0.15, 0.2) is 0 Å². The molecule has 2 nitrogen and oxygen atoms in total. The van der Waals surface area contributed by atoms with E-state index in [1.54, 1.807) is 0 Å². The molecule has 0 radical (unpaired) electrons. The summed E-state index contributed by atoms with van der Waals surface area (Å²) in [6.07, 6.45) is 4.94. The van der Waals surface area contributed by atoms with Crippen molar-refractivity contribution in [3.05, 3.63) is 0 Å². The first kappa shape index (κ1) is 11.0. The van der Waals surface area contributed by atoms with Crippen LogP contribution >= 0.6 is 0 Å². The Bertz CT molecular complexity index is 132. The van der Waals surface area contributed by atoms with Crippen molar-refractivity contribution in [2.75, 3.05) is 13.2 Å². The fourth-order valence-electron chi connectivity index (χ4n) is 2.18. The van der Waals surface area contributed by atoms with Gasteiger partial charge in [0.2, 0.25) is 0 Å². The smallest absolute Gasteiger partial charge is 0.0509 e. The Morgan fingerprint density at radius 2 is 2.31 bits per heavy atom.